The highest BCUT2D eigenvalue weighted by Crippen LogP contribution is 2.19. The summed E-state index contributed by atoms with van der Waals surface area (Å²) in [6.07, 6.45) is 5.54. The Hall–Kier alpha value is -2.36. The summed E-state index contributed by atoms with van der Waals surface area (Å²) in [5.41, 5.74) is 2.36. The van der Waals surface area contributed by atoms with Gasteiger partial charge in [-0.3, -0.25) is 4.79 Å². The van der Waals surface area contributed by atoms with Crippen molar-refractivity contribution in [3.05, 3.63) is 41.6 Å². The number of ether oxygens (including phenoxy) is 1. The molecular formula is C14H13NO3. The number of carbonyl (C=O) groups excluding carboxylic acids is 2. The summed E-state index contributed by atoms with van der Waals surface area (Å²) in [6, 6.07) is 5.57. The molecule has 0 amide bonds. The molecule has 0 saturated carbocycles. The SMILES string of the molecule is CCOC(=O)C=Cc1ccc2c(C=O)c[nH]c2c1. The Morgan fingerprint density at radius 2 is 2.28 bits per heavy atom. The Bertz CT molecular complexity index is 611. The first-order valence-electron chi connectivity index (χ1n) is 5.65. The fourth-order valence-electron chi connectivity index (χ4n) is 1.72. The molecule has 2 aromatic rings. The van der Waals surface area contributed by atoms with Crippen LogP contribution in [0.15, 0.2) is 30.5 Å². The van der Waals surface area contributed by atoms with Gasteiger partial charge in [-0.05, 0) is 24.6 Å². The Balaban J connectivity index is 2.25. The number of rotatable bonds is 4. The second kappa shape index (κ2) is 5.31. The molecule has 1 N–H and O–H groups in total. The summed E-state index contributed by atoms with van der Waals surface area (Å²) in [4.78, 5) is 24.9. The highest BCUT2D eigenvalue weighted by molar-refractivity contribution is 5.98. The number of hydrogen-bond donors (Lipinski definition) is 1. The molecule has 0 bridgehead atoms. The maximum Gasteiger partial charge on any atom is 0.330 e. The normalized spacial score (nSPS) is 10.9. The van der Waals surface area contributed by atoms with Crippen molar-refractivity contribution >= 4 is 29.2 Å². The predicted molar refractivity (Wildman–Crippen MR) is 69.4 cm³/mol. The van der Waals surface area contributed by atoms with Gasteiger partial charge in [0.25, 0.3) is 0 Å². The summed E-state index contributed by atoms with van der Waals surface area (Å²) in [7, 11) is 0. The van der Waals surface area contributed by atoms with E-state index in [0.29, 0.717) is 12.2 Å². The van der Waals surface area contributed by atoms with Gasteiger partial charge in [-0.25, -0.2) is 4.79 Å². The molecule has 0 fully saturated rings. The number of esters is 1. The first-order chi connectivity index (χ1) is 8.74. The van der Waals surface area contributed by atoms with Gasteiger partial charge in [0.1, 0.15) is 0 Å². The van der Waals surface area contributed by atoms with Crippen molar-refractivity contribution in [2.45, 2.75) is 6.92 Å². The third-order valence-electron chi connectivity index (χ3n) is 2.56. The number of H-pyrrole nitrogens is 1. The monoisotopic (exact) mass is 243 g/mol. The molecule has 0 aliphatic rings. The molecule has 2 rings (SSSR count). The summed E-state index contributed by atoms with van der Waals surface area (Å²) >= 11 is 0. The second-order valence-corrected chi connectivity index (χ2v) is 3.75. The number of hydrogen-bond acceptors (Lipinski definition) is 3. The Morgan fingerprint density at radius 1 is 1.44 bits per heavy atom. The lowest BCUT2D eigenvalue weighted by molar-refractivity contribution is -0.137. The average molecular weight is 243 g/mol. The summed E-state index contributed by atoms with van der Waals surface area (Å²) in [5, 5.41) is 0.873. The molecular weight excluding hydrogens is 230 g/mol. The molecule has 1 aromatic heterocycles. The molecule has 0 aliphatic carbocycles. The van der Waals surface area contributed by atoms with E-state index in [-0.39, 0.29) is 5.97 Å². The Morgan fingerprint density at radius 3 is 3.00 bits per heavy atom. The number of fused-ring (bicyclic) bond motifs is 1. The molecule has 1 aromatic carbocycles. The molecule has 4 nitrogen and oxygen atoms in total. The third kappa shape index (κ3) is 2.48. The van der Waals surface area contributed by atoms with Gasteiger partial charge in [0.2, 0.25) is 0 Å². The van der Waals surface area contributed by atoms with Crippen LogP contribution in [0.5, 0.6) is 0 Å². The Labute approximate surface area is 104 Å². The van der Waals surface area contributed by atoms with E-state index >= 15 is 0 Å². The molecule has 18 heavy (non-hydrogen) atoms. The van der Waals surface area contributed by atoms with Gasteiger partial charge in [-0.15, -0.1) is 0 Å². The van der Waals surface area contributed by atoms with Crippen LogP contribution in [0.3, 0.4) is 0 Å². The predicted octanol–water partition coefficient (Wildman–Crippen LogP) is 2.56. The van der Waals surface area contributed by atoms with Gasteiger partial charge in [-0.2, -0.15) is 0 Å². The number of aldehydes is 1. The maximum absolute atomic E-state index is 11.2. The van der Waals surface area contributed by atoms with Gasteiger partial charge in [0.15, 0.2) is 6.29 Å². The van der Waals surface area contributed by atoms with Gasteiger partial charge >= 0.3 is 5.97 Å². The zero-order valence-electron chi connectivity index (χ0n) is 9.97. The van der Waals surface area contributed by atoms with E-state index in [1.165, 1.54) is 6.08 Å². The molecule has 1 heterocycles. The molecule has 0 unspecified atom stereocenters. The fraction of sp³-hybridized carbons (Fsp3) is 0.143. The van der Waals surface area contributed by atoms with E-state index < -0.39 is 0 Å². The largest absolute Gasteiger partial charge is 0.463 e. The number of aromatic nitrogens is 1. The summed E-state index contributed by atoms with van der Waals surface area (Å²) < 4.78 is 4.79. The van der Waals surface area contributed by atoms with Crippen LogP contribution in [0.2, 0.25) is 0 Å². The van der Waals surface area contributed by atoms with Crippen LogP contribution in [0.1, 0.15) is 22.8 Å². The van der Waals surface area contributed by atoms with Crippen LogP contribution in [-0.2, 0) is 9.53 Å². The fourth-order valence-corrected chi connectivity index (χ4v) is 1.72. The minimum atomic E-state index is -0.363. The van der Waals surface area contributed by atoms with Gasteiger partial charge in [-0.1, -0.05) is 12.1 Å². The quantitative estimate of drug-likeness (QED) is 0.510. The van der Waals surface area contributed by atoms with Crippen LogP contribution in [-0.4, -0.2) is 23.8 Å². The number of benzene rings is 1. The van der Waals surface area contributed by atoms with E-state index in [4.69, 9.17) is 4.74 Å². The molecule has 0 atom stereocenters. The van der Waals surface area contributed by atoms with Crippen LogP contribution in [0.25, 0.3) is 17.0 Å². The highest BCUT2D eigenvalue weighted by atomic mass is 16.5. The number of nitrogens with one attached hydrogen (secondary N) is 1. The maximum atomic E-state index is 11.2. The van der Waals surface area contributed by atoms with Crippen molar-refractivity contribution in [2.24, 2.45) is 0 Å². The third-order valence-corrected chi connectivity index (χ3v) is 2.56. The topological polar surface area (TPSA) is 59.2 Å². The molecule has 92 valence electrons. The van der Waals surface area contributed by atoms with E-state index in [1.807, 2.05) is 18.2 Å². The zero-order chi connectivity index (χ0) is 13.0. The Kier molecular flexibility index (Phi) is 3.57. The summed E-state index contributed by atoms with van der Waals surface area (Å²) in [6.45, 7) is 2.12. The molecule has 0 spiro atoms. The summed E-state index contributed by atoms with van der Waals surface area (Å²) in [5.74, 6) is -0.363. The standard InChI is InChI=1S/C14H13NO3/c1-2-18-14(17)6-4-10-3-5-12-11(9-16)8-15-13(12)7-10/h3-9,15H,2H2,1H3. The van der Waals surface area contributed by atoms with Crippen molar-refractivity contribution in [3.63, 3.8) is 0 Å². The number of carbonyl (C=O) groups is 2. The van der Waals surface area contributed by atoms with Crippen LogP contribution >= 0.6 is 0 Å². The van der Waals surface area contributed by atoms with Crippen LogP contribution in [0, 0.1) is 0 Å². The average Bonchev–Trinajstić information content (AvgIpc) is 2.79. The van der Waals surface area contributed by atoms with Crippen molar-refractivity contribution in [2.75, 3.05) is 6.61 Å². The first-order valence-corrected chi connectivity index (χ1v) is 5.65. The zero-order valence-corrected chi connectivity index (χ0v) is 9.97. The van der Waals surface area contributed by atoms with Crippen molar-refractivity contribution < 1.29 is 14.3 Å². The molecule has 4 heteroatoms. The second-order valence-electron chi connectivity index (χ2n) is 3.75. The van der Waals surface area contributed by atoms with E-state index in [1.54, 1.807) is 19.2 Å². The van der Waals surface area contributed by atoms with E-state index in [9.17, 15) is 9.59 Å². The van der Waals surface area contributed by atoms with Crippen molar-refractivity contribution in [1.29, 1.82) is 0 Å². The van der Waals surface area contributed by atoms with E-state index in [2.05, 4.69) is 4.98 Å². The van der Waals surface area contributed by atoms with Gasteiger partial charge in [0.05, 0.1) is 6.61 Å². The smallest absolute Gasteiger partial charge is 0.330 e. The van der Waals surface area contributed by atoms with Crippen LogP contribution < -0.4 is 0 Å². The van der Waals surface area contributed by atoms with Gasteiger partial charge in [0, 0.05) is 28.7 Å². The molecule has 0 saturated heterocycles. The van der Waals surface area contributed by atoms with Gasteiger partial charge < -0.3 is 9.72 Å². The number of aromatic amines is 1. The molecule has 0 aliphatic heterocycles. The van der Waals surface area contributed by atoms with Crippen molar-refractivity contribution in [3.8, 4) is 0 Å². The first kappa shape index (κ1) is 12.1. The minimum Gasteiger partial charge on any atom is -0.463 e. The molecule has 0 radical (unpaired) electrons. The lowest BCUT2D eigenvalue weighted by Crippen LogP contribution is -1.98. The lowest BCUT2D eigenvalue weighted by Gasteiger charge is -1.96. The minimum absolute atomic E-state index is 0.363. The highest BCUT2D eigenvalue weighted by Gasteiger charge is 2.02. The van der Waals surface area contributed by atoms with Crippen molar-refractivity contribution in [1.82, 2.24) is 4.98 Å². The lowest BCUT2D eigenvalue weighted by atomic mass is 10.1. The van der Waals surface area contributed by atoms with E-state index in [0.717, 1.165) is 22.8 Å². The van der Waals surface area contributed by atoms with Crippen LogP contribution in [0.4, 0.5) is 0 Å².